The van der Waals surface area contributed by atoms with Crippen LogP contribution in [0.2, 0.25) is 0 Å². The summed E-state index contributed by atoms with van der Waals surface area (Å²) in [5.41, 5.74) is 1.26. The van der Waals surface area contributed by atoms with Gasteiger partial charge in [0.25, 0.3) is 0 Å². The van der Waals surface area contributed by atoms with Gasteiger partial charge in [-0.1, -0.05) is 12.1 Å². The summed E-state index contributed by atoms with van der Waals surface area (Å²) < 4.78 is 12.7. The number of carbonyl (C=O) groups excluding carboxylic acids is 1. The summed E-state index contributed by atoms with van der Waals surface area (Å²) in [6.07, 6.45) is 4.77. The molecule has 21 heavy (non-hydrogen) atoms. The maximum atomic E-state index is 12.2. The molecule has 0 aliphatic heterocycles. The Balaban J connectivity index is 2.32. The summed E-state index contributed by atoms with van der Waals surface area (Å²) in [4.78, 5) is 12.2. The Bertz CT molecular complexity index is 673. The molecular weight excluding hydrogens is 336 g/mol. The maximum Gasteiger partial charge on any atom is 0.205 e. The zero-order valence-corrected chi connectivity index (χ0v) is 13.5. The molecule has 0 saturated heterocycles. The quantitative estimate of drug-likeness (QED) is 0.614. The molecule has 0 N–H and O–H groups in total. The van der Waals surface area contributed by atoms with Gasteiger partial charge >= 0.3 is 0 Å². The predicted octanol–water partition coefficient (Wildman–Crippen LogP) is 3.10. The van der Waals surface area contributed by atoms with Gasteiger partial charge in [0.1, 0.15) is 5.69 Å². The van der Waals surface area contributed by atoms with Crippen molar-refractivity contribution in [2.45, 2.75) is 0 Å². The number of ketones is 1. The van der Waals surface area contributed by atoms with Crippen LogP contribution in [0.25, 0.3) is 6.08 Å². The second kappa shape index (κ2) is 6.58. The molecule has 2 rings (SSSR count). The lowest BCUT2D eigenvalue weighted by Crippen LogP contribution is -2.04. The number of carbonyl (C=O) groups is 1. The van der Waals surface area contributed by atoms with Gasteiger partial charge in [0.2, 0.25) is 5.78 Å². The maximum absolute atomic E-state index is 12.2. The lowest BCUT2D eigenvalue weighted by Gasteiger charge is -2.09. The summed E-state index contributed by atoms with van der Waals surface area (Å²) in [6, 6.07) is 5.49. The summed E-state index contributed by atoms with van der Waals surface area (Å²) in [5, 5.41) is 4.02. The van der Waals surface area contributed by atoms with Crippen molar-refractivity contribution in [2.24, 2.45) is 7.05 Å². The number of aromatic nitrogens is 2. The van der Waals surface area contributed by atoms with Crippen molar-refractivity contribution in [3.63, 3.8) is 0 Å². The van der Waals surface area contributed by atoms with E-state index in [1.54, 1.807) is 39.6 Å². The summed E-state index contributed by atoms with van der Waals surface area (Å²) in [6.45, 7) is 0. The lowest BCUT2D eigenvalue weighted by atomic mass is 10.1. The molecule has 0 aliphatic carbocycles. The van der Waals surface area contributed by atoms with Crippen LogP contribution in [-0.4, -0.2) is 29.8 Å². The Morgan fingerprint density at radius 2 is 2.10 bits per heavy atom. The minimum atomic E-state index is -0.147. The first-order chi connectivity index (χ1) is 10.1. The predicted molar refractivity (Wildman–Crippen MR) is 83.8 cm³/mol. The fourth-order valence-electron chi connectivity index (χ4n) is 1.98. The molecule has 1 heterocycles. The molecule has 6 heteroatoms. The number of nitrogens with zero attached hydrogens (tertiary/aromatic N) is 2. The number of methoxy groups -OCH3 is 2. The van der Waals surface area contributed by atoms with Gasteiger partial charge in [0.15, 0.2) is 11.5 Å². The Labute approximate surface area is 131 Å². The number of ether oxygens (including phenoxy) is 2. The average Bonchev–Trinajstić information content (AvgIpc) is 2.83. The number of allylic oxidation sites excluding steroid dienone is 1. The van der Waals surface area contributed by atoms with Crippen molar-refractivity contribution < 1.29 is 14.3 Å². The lowest BCUT2D eigenvalue weighted by molar-refractivity contribution is 0.103. The van der Waals surface area contributed by atoms with Gasteiger partial charge in [-0.3, -0.25) is 9.48 Å². The molecule has 5 nitrogen and oxygen atoms in total. The molecule has 1 aromatic carbocycles. The molecule has 0 bridgehead atoms. The Morgan fingerprint density at radius 3 is 2.67 bits per heavy atom. The molecule has 110 valence electrons. The van der Waals surface area contributed by atoms with Crippen molar-refractivity contribution >= 4 is 27.8 Å². The van der Waals surface area contributed by atoms with Gasteiger partial charge in [-0.05, 0) is 34.1 Å². The first-order valence-corrected chi connectivity index (χ1v) is 6.98. The second-order valence-corrected chi connectivity index (χ2v) is 5.10. The topological polar surface area (TPSA) is 53.3 Å². The molecule has 0 radical (unpaired) electrons. The second-order valence-electron chi connectivity index (χ2n) is 4.25. The van der Waals surface area contributed by atoms with Crippen LogP contribution < -0.4 is 9.47 Å². The molecule has 0 amide bonds. The van der Waals surface area contributed by atoms with Crippen molar-refractivity contribution in [3.05, 3.63) is 46.2 Å². The third-order valence-electron chi connectivity index (χ3n) is 2.98. The van der Waals surface area contributed by atoms with Crippen LogP contribution in [0.5, 0.6) is 11.5 Å². The number of hydrogen-bond donors (Lipinski definition) is 0. The van der Waals surface area contributed by atoms with Crippen LogP contribution in [0, 0.1) is 0 Å². The van der Waals surface area contributed by atoms with E-state index in [-0.39, 0.29) is 5.78 Å². The Morgan fingerprint density at radius 1 is 1.33 bits per heavy atom. The molecule has 0 atom stereocenters. The van der Waals surface area contributed by atoms with Crippen LogP contribution in [0.1, 0.15) is 16.1 Å². The standard InChI is InChI=1S/C15H15BrN2O3/c1-18-14(11(16)9-17-18)12(19)8-7-10-5-4-6-13(20-2)15(10)21-3/h4-9H,1-3H3. The first kappa shape index (κ1) is 15.3. The van der Waals surface area contributed by atoms with Crippen LogP contribution in [0.4, 0.5) is 0 Å². The highest BCUT2D eigenvalue weighted by Gasteiger charge is 2.13. The van der Waals surface area contributed by atoms with E-state index in [1.807, 2.05) is 12.1 Å². The van der Waals surface area contributed by atoms with Crippen LogP contribution >= 0.6 is 15.9 Å². The van der Waals surface area contributed by atoms with E-state index in [2.05, 4.69) is 21.0 Å². The summed E-state index contributed by atoms with van der Waals surface area (Å²) >= 11 is 3.31. The minimum absolute atomic E-state index is 0.147. The van der Waals surface area contributed by atoms with Gasteiger partial charge in [-0.2, -0.15) is 5.10 Å². The molecule has 2 aromatic rings. The van der Waals surface area contributed by atoms with E-state index in [0.717, 1.165) is 5.56 Å². The Kier molecular flexibility index (Phi) is 4.80. The summed E-state index contributed by atoms with van der Waals surface area (Å²) in [5.74, 6) is 1.06. The zero-order chi connectivity index (χ0) is 15.4. The van der Waals surface area contributed by atoms with E-state index in [0.29, 0.717) is 21.7 Å². The normalized spacial score (nSPS) is 10.9. The molecule has 0 unspecified atom stereocenters. The highest BCUT2D eigenvalue weighted by Crippen LogP contribution is 2.31. The van der Waals surface area contributed by atoms with E-state index >= 15 is 0 Å². The van der Waals surface area contributed by atoms with E-state index in [9.17, 15) is 4.79 Å². The van der Waals surface area contributed by atoms with Gasteiger partial charge in [0.05, 0.1) is 24.9 Å². The van der Waals surface area contributed by atoms with Gasteiger partial charge in [-0.15, -0.1) is 0 Å². The third kappa shape index (κ3) is 3.16. The van der Waals surface area contributed by atoms with Crippen molar-refractivity contribution in [1.29, 1.82) is 0 Å². The van der Waals surface area contributed by atoms with Gasteiger partial charge in [0, 0.05) is 12.6 Å². The van der Waals surface area contributed by atoms with Crippen molar-refractivity contribution in [1.82, 2.24) is 9.78 Å². The molecule has 0 fully saturated rings. The van der Waals surface area contributed by atoms with Gasteiger partial charge < -0.3 is 9.47 Å². The van der Waals surface area contributed by atoms with Crippen molar-refractivity contribution in [2.75, 3.05) is 14.2 Å². The highest BCUT2D eigenvalue weighted by molar-refractivity contribution is 9.10. The first-order valence-electron chi connectivity index (χ1n) is 6.19. The third-order valence-corrected chi connectivity index (χ3v) is 3.56. The van der Waals surface area contributed by atoms with E-state index in [1.165, 1.54) is 10.8 Å². The number of para-hydroxylation sites is 1. The number of benzene rings is 1. The number of rotatable bonds is 5. The fourth-order valence-corrected chi connectivity index (χ4v) is 2.52. The number of halogens is 1. The average molecular weight is 351 g/mol. The fraction of sp³-hybridized carbons (Fsp3) is 0.200. The smallest absolute Gasteiger partial charge is 0.205 e. The summed E-state index contributed by atoms with van der Waals surface area (Å²) in [7, 11) is 4.86. The molecular formula is C15H15BrN2O3. The molecule has 0 spiro atoms. The van der Waals surface area contributed by atoms with Crippen LogP contribution in [0.3, 0.4) is 0 Å². The van der Waals surface area contributed by atoms with Crippen LogP contribution in [0.15, 0.2) is 34.9 Å². The van der Waals surface area contributed by atoms with Crippen LogP contribution in [-0.2, 0) is 7.05 Å². The molecule has 0 saturated carbocycles. The number of aryl methyl sites for hydroxylation is 1. The zero-order valence-electron chi connectivity index (χ0n) is 12.0. The molecule has 1 aromatic heterocycles. The largest absolute Gasteiger partial charge is 0.493 e. The SMILES string of the molecule is COc1cccc(C=CC(=O)c2c(Br)cnn2C)c1OC. The van der Waals surface area contributed by atoms with E-state index < -0.39 is 0 Å². The highest BCUT2D eigenvalue weighted by atomic mass is 79.9. The van der Waals surface area contributed by atoms with E-state index in [4.69, 9.17) is 9.47 Å². The number of hydrogen-bond acceptors (Lipinski definition) is 4. The molecule has 0 aliphatic rings. The minimum Gasteiger partial charge on any atom is -0.493 e. The Hall–Kier alpha value is -2.08. The van der Waals surface area contributed by atoms with Gasteiger partial charge in [-0.25, -0.2) is 0 Å². The monoisotopic (exact) mass is 350 g/mol. The van der Waals surface area contributed by atoms with Crippen molar-refractivity contribution in [3.8, 4) is 11.5 Å².